The molecule has 4 heterocycles. The summed E-state index contributed by atoms with van der Waals surface area (Å²) in [7, 11) is 0. The minimum absolute atomic E-state index is 0.00809. The number of nitrogens with zero attached hydrogens (tertiary/aromatic N) is 4. The minimum Gasteiger partial charge on any atom is -0.334 e. The zero-order valence-electron chi connectivity index (χ0n) is 52.2. The molecule has 2 aliphatic carbocycles. The van der Waals surface area contributed by atoms with Crippen LogP contribution < -0.4 is 36.0 Å². The standard InChI is InChI=1S/C80H83BN4/c1-74(2,3)54-34-39-59(40-35-54)82-69-45-38-58(76(7,8)9)50-66(69)81-65-44-43-61(84-67-32-20-18-30-63(67)79(56-26-14-12-15-27-56)48-24-22-46-77(79,84)10)51-70(65)83(60-41-36-55(37-42-60)75(4,5)6)72-53-62(52-71(82)73(72)81)85-68-33-21-19-31-64(68)80(57-28-16-13-17-29-57)49-25-23-47-78(80,85)11/h12-21,26-45,50-53H,22-25,46-49H2,1-11H3. The van der Waals surface area contributed by atoms with E-state index in [1.165, 1.54) is 138 Å². The molecule has 4 unspecified atom stereocenters. The molecule has 2 fully saturated rings. The van der Waals surface area contributed by atoms with Crippen LogP contribution in [0.3, 0.4) is 0 Å². The summed E-state index contributed by atoms with van der Waals surface area (Å²) in [5.74, 6) is 0. The van der Waals surface area contributed by atoms with Gasteiger partial charge in [-0.1, -0.05) is 228 Å². The van der Waals surface area contributed by atoms with Crippen LogP contribution in [0.5, 0.6) is 0 Å². The van der Waals surface area contributed by atoms with Crippen molar-refractivity contribution in [1.29, 1.82) is 0 Å². The Balaban J connectivity index is 1.05. The third-order valence-electron chi connectivity index (χ3n) is 21.9. The molecule has 85 heavy (non-hydrogen) atoms. The van der Waals surface area contributed by atoms with Gasteiger partial charge in [-0.15, -0.1) is 0 Å². The third kappa shape index (κ3) is 7.66. The monoisotopic (exact) mass is 1110 g/mol. The molecule has 0 spiro atoms. The number of anilines is 10. The molecule has 6 aliphatic rings. The fraction of sp³-hybridized carbons (Fsp3) is 0.325. The molecule has 4 aliphatic heterocycles. The SMILES string of the molecule is CC(C)(C)c1ccc(N2c3ccc(C(C)(C)C)cc3B3c4ccc(N5c6ccccc6C6(c7ccccc7)CCCCC56C)cc4N(c4ccc(C(C)(C)C)cc4)c4cc(N5c6ccccc6C6(c7ccccc7)CCCCC56C)cc2c43)cc1. The van der Waals surface area contributed by atoms with E-state index in [0.717, 1.165) is 25.7 Å². The average Bonchev–Trinajstić information content (AvgIpc) is 1.63. The molecule has 9 aromatic rings. The summed E-state index contributed by atoms with van der Waals surface area (Å²) in [4.78, 5) is 11.0. The first-order chi connectivity index (χ1) is 40.8. The van der Waals surface area contributed by atoms with Crippen molar-refractivity contribution in [2.24, 2.45) is 0 Å². The van der Waals surface area contributed by atoms with Crippen LogP contribution in [-0.4, -0.2) is 17.8 Å². The molecule has 0 amide bonds. The summed E-state index contributed by atoms with van der Waals surface area (Å²) in [6.45, 7) is 26.3. The lowest BCUT2D eigenvalue weighted by atomic mass is 9.33. The number of benzene rings is 9. The van der Waals surface area contributed by atoms with E-state index in [4.69, 9.17) is 0 Å². The Labute approximate surface area is 507 Å². The Hall–Kier alpha value is -7.76. The number of rotatable bonds is 6. The Bertz CT molecular complexity index is 4090. The lowest BCUT2D eigenvalue weighted by Gasteiger charge is -2.53. The largest absolute Gasteiger partial charge is 0.334 e. The molecule has 9 aromatic carbocycles. The van der Waals surface area contributed by atoms with Gasteiger partial charge in [0, 0.05) is 67.7 Å². The molecule has 4 atom stereocenters. The van der Waals surface area contributed by atoms with E-state index in [0.29, 0.717) is 0 Å². The zero-order chi connectivity index (χ0) is 58.6. The Morgan fingerprint density at radius 2 is 0.729 bits per heavy atom. The minimum atomic E-state index is -0.271. The average molecular weight is 1110 g/mol. The van der Waals surface area contributed by atoms with Crippen molar-refractivity contribution in [3.8, 4) is 0 Å². The van der Waals surface area contributed by atoms with Gasteiger partial charge < -0.3 is 19.6 Å². The van der Waals surface area contributed by atoms with Gasteiger partial charge in [0.25, 0.3) is 6.71 Å². The van der Waals surface area contributed by atoms with E-state index in [-0.39, 0.29) is 44.9 Å². The first kappa shape index (κ1) is 53.9. The van der Waals surface area contributed by atoms with Crippen molar-refractivity contribution in [1.82, 2.24) is 0 Å². The number of para-hydroxylation sites is 2. The second-order valence-electron chi connectivity index (χ2n) is 29.6. The van der Waals surface area contributed by atoms with E-state index >= 15 is 0 Å². The maximum absolute atomic E-state index is 2.83. The molecular formula is C80H83BN4. The van der Waals surface area contributed by atoms with Gasteiger partial charge in [-0.2, -0.15) is 0 Å². The highest BCUT2D eigenvalue weighted by molar-refractivity contribution is 7.00. The zero-order valence-corrected chi connectivity index (χ0v) is 52.2. The van der Waals surface area contributed by atoms with Crippen LogP contribution in [-0.2, 0) is 27.1 Å². The molecule has 0 saturated heterocycles. The molecule has 0 aromatic heterocycles. The Morgan fingerprint density at radius 1 is 0.329 bits per heavy atom. The quantitative estimate of drug-likeness (QED) is 0.154. The summed E-state index contributed by atoms with van der Waals surface area (Å²) < 4.78 is 0. The van der Waals surface area contributed by atoms with E-state index in [2.05, 4.69) is 302 Å². The summed E-state index contributed by atoms with van der Waals surface area (Å²) in [5, 5.41) is 0. The molecule has 15 rings (SSSR count). The first-order valence-electron chi connectivity index (χ1n) is 32.0. The van der Waals surface area contributed by atoms with Gasteiger partial charge in [-0.25, -0.2) is 0 Å². The van der Waals surface area contributed by atoms with E-state index in [1.54, 1.807) is 0 Å². The molecule has 0 radical (unpaired) electrons. The van der Waals surface area contributed by atoms with Gasteiger partial charge in [0.05, 0.1) is 11.1 Å². The van der Waals surface area contributed by atoms with Crippen molar-refractivity contribution in [3.63, 3.8) is 0 Å². The van der Waals surface area contributed by atoms with Crippen molar-refractivity contribution >= 4 is 80.0 Å². The van der Waals surface area contributed by atoms with Gasteiger partial charge in [-0.3, -0.25) is 0 Å². The van der Waals surface area contributed by atoms with Crippen LogP contribution >= 0.6 is 0 Å². The summed E-state index contributed by atoms with van der Waals surface area (Å²) >= 11 is 0. The summed E-state index contributed by atoms with van der Waals surface area (Å²) in [6.07, 6.45) is 9.16. The molecule has 0 bridgehead atoms. The molecule has 426 valence electrons. The lowest BCUT2D eigenvalue weighted by Crippen LogP contribution is -2.62. The highest BCUT2D eigenvalue weighted by Crippen LogP contribution is 2.66. The van der Waals surface area contributed by atoms with Crippen LogP contribution in [0, 0.1) is 0 Å². The maximum atomic E-state index is 2.83. The van der Waals surface area contributed by atoms with E-state index in [1.807, 2.05) is 0 Å². The number of hydrogen-bond acceptors (Lipinski definition) is 4. The van der Waals surface area contributed by atoms with Gasteiger partial charge >= 0.3 is 0 Å². The number of hydrogen-bond donors (Lipinski definition) is 0. The van der Waals surface area contributed by atoms with Crippen LogP contribution in [0.25, 0.3) is 0 Å². The summed E-state index contributed by atoms with van der Waals surface area (Å²) in [6, 6.07) is 81.7. The second kappa shape index (κ2) is 18.9. The van der Waals surface area contributed by atoms with Crippen molar-refractivity contribution < 1.29 is 0 Å². The number of fused-ring (bicyclic) bond motifs is 10. The van der Waals surface area contributed by atoms with Crippen LogP contribution in [0.4, 0.5) is 56.9 Å². The van der Waals surface area contributed by atoms with Gasteiger partial charge in [0.15, 0.2) is 0 Å². The topological polar surface area (TPSA) is 13.0 Å². The Morgan fingerprint density at radius 3 is 1.21 bits per heavy atom. The first-order valence-corrected chi connectivity index (χ1v) is 32.0. The van der Waals surface area contributed by atoms with Crippen molar-refractivity contribution in [2.45, 2.75) is 166 Å². The highest BCUT2D eigenvalue weighted by Gasteiger charge is 2.63. The predicted molar refractivity (Wildman–Crippen MR) is 362 cm³/mol. The molecule has 5 heteroatoms. The maximum Gasteiger partial charge on any atom is 0.252 e. The molecule has 4 nitrogen and oxygen atoms in total. The second-order valence-corrected chi connectivity index (χ2v) is 29.6. The van der Waals surface area contributed by atoms with E-state index < -0.39 is 0 Å². The predicted octanol–water partition coefficient (Wildman–Crippen LogP) is 19.2. The Kier molecular flexibility index (Phi) is 12.0. The van der Waals surface area contributed by atoms with Crippen molar-refractivity contribution in [2.75, 3.05) is 19.6 Å². The smallest absolute Gasteiger partial charge is 0.252 e. The highest BCUT2D eigenvalue weighted by atomic mass is 15.3. The van der Waals surface area contributed by atoms with Crippen LogP contribution in [0.2, 0.25) is 0 Å². The lowest BCUT2D eigenvalue weighted by molar-refractivity contribution is 0.215. The van der Waals surface area contributed by atoms with Crippen molar-refractivity contribution in [3.05, 3.63) is 245 Å². The van der Waals surface area contributed by atoms with Crippen LogP contribution in [0.1, 0.15) is 166 Å². The molecule has 2 saturated carbocycles. The van der Waals surface area contributed by atoms with Gasteiger partial charge in [0.1, 0.15) is 0 Å². The van der Waals surface area contributed by atoms with Crippen LogP contribution in [0.15, 0.2) is 206 Å². The molecule has 0 N–H and O–H groups in total. The summed E-state index contributed by atoms with van der Waals surface area (Å²) in [5.41, 5.74) is 25.3. The normalized spacial score (nSPS) is 22.9. The fourth-order valence-electron chi connectivity index (χ4n) is 17.7. The molecular weight excluding hydrogens is 1030 g/mol. The van der Waals surface area contributed by atoms with Gasteiger partial charge in [0.2, 0.25) is 0 Å². The fourth-order valence-corrected chi connectivity index (χ4v) is 17.7. The van der Waals surface area contributed by atoms with Gasteiger partial charge in [-0.05, 0) is 178 Å². The third-order valence-corrected chi connectivity index (χ3v) is 21.9. The van der Waals surface area contributed by atoms with E-state index in [9.17, 15) is 0 Å².